The SMILES string of the molecule is [O-][O+]1OC2=C(COC=C2)S1. The molecule has 4 nitrogen and oxygen atoms in total. The summed E-state index contributed by atoms with van der Waals surface area (Å²) in [7, 11) is 0. The second-order valence-electron chi connectivity index (χ2n) is 1.77. The average molecular weight is 160 g/mol. The Morgan fingerprint density at radius 1 is 1.70 bits per heavy atom. The molecule has 0 radical (unpaired) electrons. The Morgan fingerprint density at radius 3 is 3.40 bits per heavy atom. The van der Waals surface area contributed by atoms with Crippen LogP contribution < -0.4 is 5.26 Å². The molecule has 0 aromatic heterocycles. The van der Waals surface area contributed by atoms with Gasteiger partial charge in [-0.3, -0.25) is 0 Å². The fourth-order valence-electron chi connectivity index (χ4n) is 0.710. The molecule has 0 atom stereocenters. The fraction of sp³-hybridized carbons (Fsp3) is 0.200. The highest BCUT2D eigenvalue weighted by molar-refractivity contribution is 7.99. The summed E-state index contributed by atoms with van der Waals surface area (Å²) in [5, 5.41) is 10.5. The average Bonchev–Trinajstić information content (AvgIpc) is 2.27. The first-order chi connectivity index (χ1) is 4.86. The molecule has 2 heterocycles. The lowest BCUT2D eigenvalue weighted by molar-refractivity contribution is -0.832. The zero-order valence-electron chi connectivity index (χ0n) is 4.90. The van der Waals surface area contributed by atoms with Crippen LogP contribution in [0.3, 0.4) is 0 Å². The minimum Gasteiger partial charge on any atom is -0.495 e. The van der Waals surface area contributed by atoms with Gasteiger partial charge >= 0.3 is 0 Å². The Morgan fingerprint density at radius 2 is 2.60 bits per heavy atom. The fourth-order valence-corrected chi connectivity index (χ4v) is 1.28. The van der Waals surface area contributed by atoms with E-state index in [0.29, 0.717) is 12.4 Å². The van der Waals surface area contributed by atoms with Crippen molar-refractivity contribution in [1.29, 1.82) is 0 Å². The van der Waals surface area contributed by atoms with E-state index in [-0.39, 0.29) is 0 Å². The van der Waals surface area contributed by atoms with Crippen molar-refractivity contribution in [3.8, 4) is 0 Å². The molecule has 0 saturated heterocycles. The van der Waals surface area contributed by atoms with Crippen molar-refractivity contribution < 1.29 is 19.0 Å². The summed E-state index contributed by atoms with van der Waals surface area (Å²) in [4.78, 5) is 5.43. The van der Waals surface area contributed by atoms with Crippen LogP contribution >= 0.6 is 12.0 Å². The lowest BCUT2D eigenvalue weighted by atomic mass is 10.4. The van der Waals surface area contributed by atoms with Gasteiger partial charge in [0.1, 0.15) is 6.61 Å². The second-order valence-corrected chi connectivity index (χ2v) is 2.70. The third kappa shape index (κ3) is 0.880. The minimum absolute atomic E-state index is 0.419. The highest BCUT2D eigenvalue weighted by Gasteiger charge is 2.30. The molecule has 0 aromatic rings. The van der Waals surface area contributed by atoms with Crippen molar-refractivity contribution >= 4 is 12.0 Å². The molecule has 0 aromatic carbocycles. The quantitative estimate of drug-likeness (QED) is 0.288. The summed E-state index contributed by atoms with van der Waals surface area (Å²) >= 11 is 0.925. The molecule has 54 valence electrons. The Balaban J connectivity index is 2.21. The van der Waals surface area contributed by atoms with Crippen LogP contribution in [0.5, 0.6) is 0 Å². The largest absolute Gasteiger partial charge is 0.495 e. The van der Waals surface area contributed by atoms with Gasteiger partial charge in [0.2, 0.25) is 5.76 Å². The van der Waals surface area contributed by atoms with E-state index in [1.165, 1.54) is 10.4 Å². The third-order valence-corrected chi connectivity index (χ3v) is 1.86. The summed E-state index contributed by atoms with van der Waals surface area (Å²) in [6.45, 7) is 0.419. The lowest BCUT2D eigenvalue weighted by Gasteiger charge is -2.02. The molecule has 0 N–H and O–H groups in total. The normalized spacial score (nSPS) is 24.1. The maximum Gasteiger partial charge on any atom is 0.293 e. The summed E-state index contributed by atoms with van der Waals surface area (Å²) in [6, 6.07) is 0. The number of hydrogen-bond acceptors (Lipinski definition) is 4. The molecule has 2 aliphatic rings. The van der Waals surface area contributed by atoms with E-state index in [1.54, 1.807) is 6.08 Å². The van der Waals surface area contributed by atoms with E-state index in [9.17, 15) is 5.26 Å². The van der Waals surface area contributed by atoms with Crippen LogP contribution in [0, 0.1) is 0 Å². The molecule has 0 saturated carbocycles. The first-order valence-corrected chi connectivity index (χ1v) is 3.40. The van der Waals surface area contributed by atoms with Gasteiger partial charge in [0.25, 0.3) is 12.0 Å². The summed E-state index contributed by atoms with van der Waals surface area (Å²) < 4.78 is 6.10. The number of allylic oxidation sites excluding steroid dienone is 1. The van der Waals surface area contributed by atoms with Crippen molar-refractivity contribution in [2.75, 3.05) is 6.61 Å². The molecule has 0 fully saturated rings. The van der Waals surface area contributed by atoms with Crippen LogP contribution in [0.4, 0.5) is 0 Å². The molecule has 5 heteroatoms. The molecule has 0 spiro atoms. The molecule has 2 aliphatic heterocycles. The highest BCUT2D eigenvalue weighted by atomic mass is 32.2. The summed E-state index contributed by atoms with van der Waals surface area (Å²) in [5.41, 5.74) is 0. The van der Waals surface area contributed by atoms with E-state index in [4.69, 9.17) is 4.74 Å². The molecule has 0 bridgehead atoms. The van der Waals surface area contributed by atoms with Gasteiger partial charge in [0.05, 0.1) is 6.26 Å². The molecule has 2 rings (SSSR count). The zero-order chi connectivity index (χ0) is 6.97. The van der Waals surface area contributed by atoms with Gasteiger partial charge in [-0.1, -0.05) is 0 Å². The summed E-state index contributed by atoms with van der Waals surface area (Å²) in [6.07, 6.45) is 3.11. The van der Waals surface area contributed by atoms with Gasteiger partial charge in [0, 0.05) is 6.08 Å². The lowest BCUT2D eigenvalue weighted by Crippen LogP contribution is -2.14. The van der Waals surface area contributed by atoms with Crippen molar-refractivity contribution in [2.24, 2.45) is 0 Å². The Bertz CT molecular complexity index is 210. The topological polar surface area (TPSA) is 44.2 Å². The zero-order valence-corrected chi connectivity index (χ0v) is 5.72. The first kappa shape index (κ1) is 6.09. The van der Waals surface area contributed by atoms with Crippen LogP contribution in [0.1, 0.15) is 0 Å². The van der Waals surface area contributed by atoms with Crippen LogP contribution in [0.2, 0.25) is 0 Å². The predicted molar refractivity (Wildman–Crippen MR) is 31.9 cm³/mol. The first-order valence-electron chi connectivity index (χ1n) is 2.66. The number of hydrogen-bond donors (Lipinski definition) is 0. The maximum atomic E-state index is 10.5. The van der Waals surface area contributed by atoms with Crippen molar-refractivity contribution in [2.45, 2.75) is 0 Å². The van der Waals surface area contributed by atoms with Gasteiger partial charge in [-0.05, 0) is 0 Å². The molecule has 10 heavy (non-hydrogen) atoms. The molecule has 0 aliphatic carbocycles. The Hall–Kier alpha value is -0.650. The van der Waals surface area contributed by atoms with Gasteiger partial charge in [-0.2, -0.15) is 0 Å². The van der Waals surface area contributed by atoms with E-state index in [2.05, 4.69) is 4.89 Å². The van der Waals surface area contributed by atoms with Crippen molar-refractivity contribution in [3.05, 3.63) is 23.0 Å². The highest BCUT2D eigenvalue weighted by Crippen LogP contribution is 2.36. The molecule has 0 amide bonds. The monoisotopic (exact) mass is 160 g/mol. The van der Waals surface area contributed by atoms with Crippen molar-refractivity contribution in [1.82, 2.24) is 0 Å². The molecule has 0 unspecified atom stereocenters. The minimum atomic E-state index is 0.419. The van der Waals surface area contributed by atoms with E-state index >= 15 is 0 Å². The van der Waals surface area contributed by atoms with E-state index in [1.807, 2.05) is 0 Å². The molecular formula is C5H4O4S. The van der Waals surface area contributed by atoms with Crippen LogP contribution in [0.15, 0.2) is 23.0 Å². The molecular weight excluding hydrogens is 156 g/mol. The number of rotatable bonds is 0. The van der Waals surface area contributed by atoms with Gasteiger partial charge in [-0.15, -0.1) is 4.11 Å². The Kier molecular flexibility index (Phi) is 1.33. The Labute approximate surface area is 61.5 Å². The van der Waals surface area contributed by atoms with Gasteiger partial charge < -0.3 is 9.99 Å². The number of ether oxygens (including phenoxy) is 1. The van der Waals surface area contributed by atoms with E-state index < -0.39 is 0 Å². The predicted octanol–water partition coefficient (Wildman–Crippen LogP) is 0.163. The maximum absolute atomic E-state index is 10.5. The van der Waals surface area contributed by atoms with Gasteiger partial charge in [-0.25, -0.2) is 4.89 Å². The van der Waals surface area contributed by atoms with Gasteiger partial charge in [0.15, 0.2) is 4.91 Å². The van der Waals surface area contributed by atoms with Crippen LogP contribution in [-0.2, 0) is 13.7 Å². The standard InChI is InChI=1S/C5H4O4S/c6-9-8-4-1-2-7-3-5(4)10-9/h1-2H,3H2. The van der Waals surface area contributed by atoms with Crippen LogP contribution in [-0.4, -0.2) is 6.61 Å². The van der Waals surface area contributed by atoms with Crippen molar-refractivity contribution in [3.63, 3.8) is 0 Å². The summed E-state index contributed by atoms with van der Waals surface area (Å²) in [5.74, 6) is 0.566. The van der Waals surface area contributed by atoms with Crippen LogP contribution in [0.25, 0.3) is 0 Å². The second kappa shape index (κ2) is 2.19. The third-order valence-electron chi connectivity index (χ3n) is 1.13. The van der Waals surface area contributed by atoms with E-state index in [0.717, 1.165) is 16.9 Å². The smallest absolute Gasteiger partial charge is 0.293 e.